The fourth-order valence-electron chi connectivity index (χ4n) is 3.21. The average Bonchev–Trinajstić information content (AvgIpc) is 2.90. The number of hydrogen-bond donors (Lipinski definition) is 1. The lowest BCUT2D eigenvalue weighted by molar-refractivity contribution is 0.116. The highest BCUT2D eigenvalue weighted by atomic mass is 16.5. The van der Waals surface area contributed by atoms with Crippen LogP contribution in [0, 0.1) is 12.3 Å². The van der Waals surface area contributed by atoms with Crippen LogP contribution in [0.25, 0.3) is 0 Å². The third kappa shape index (κ3) is 4.80. The minimum Gasteiger partial charge on any atom is -0.381 e. The van der Waals surface area contributed by atoms with Crippen molar-refractivity contribution < 1.29 is 4.74 Å². The van der Waals surface area contributed by atoms with E-state index in [2.05, 4.69) is 55.4 Å². The van der Waals surface area contributed by atoms with Gasteiger partial charge in [-0.3, -0.25) is 0 Å². The van der Waals surface area contributed by atoms with Gasteiger partial charge in [-0.1, -0.05) is 31.2 Å². The van der Waals surface area contributed by atoms with Crippen molar-refractivity contribution in [2.75, 3.05) is 39.9 Å². The maximum absolute atomic E-state index is 5.70. The molecule has 1 aromatic carbocycles. The van der Waals surface area contributed by atoms with E-state index in [9.17, 15) is 0 Å². The molecule has 1 heterocycles. The Morgan fingerprint density at radius 1 is 1.33 bits per heavy atom. The highest BCUT2D eigenvalue weighted by Crippen LogP contribution is 2.29. The molecule has 0 bridgehead atoms. The molecule has 21 heavy (non-hydrogen) atoms. The lowest BCUT2D eigenvalue weighted by Gasteiger charge is -2.33. The molecule has 0 saturated carbocycles. The van der Waals surface area contributed by atoms with Gasteiger partial charge in [-0.25, -0.2) is 0 Å². The van der Waals surface area contributed by atoms with E-state index < -0.39 is 0 Å². The number of ether oxygens (including phenoxy) is 1. The second kappa shape index (κ2) is 7.92. The van der Waals surface area contributed by atoms with Crippen LogP contribution in [0.1, 0.15) is 30.9 Å². The summed E-state index contributed by atoms with van der Waals surface area (Å²) in [4.78, 5) is 2.45. The van der Waals surface area contributed by atoms with Gasteiger partial charge in [0, 0.05) is 31.7 Å². The third-order valence-corrected chi connectivity index (χ3v) is 4.42. The summed E-state index contributed by atoms with van der Waals surface area (Å²) in [5.74, 6) is 0. The van der Waals surface area contributed by atoms with Crippen LogP contribution in [0.4, 0.5) is 0 Å². The lowest BCUT2D eigenvalue weighted by atomic mass is 9.86. The molecular formula is C18H30N2O. The quantitative estimate of drug-likeness (QED) is 0.745. The molecule has 3 nitrogen and oxygen atoms in total. The van der Waals surface area contributed by atoms with Gasteiger partial charge in [-0.2, -0.15) is 0 Å². The number of aryl methyl sites for hydroxylation is 1. The molecule has 0 amide bonds. The van der Waals surface area contributed by atoms with Gasteiger partial charge in [0.2, 0.25) is 0 Å². The standard InChI is InChI=1S/C18H30N2O/c1-4-10-19-13-18(9-11-21-15-18)14-20(3)12-17-8-6-5-7-16(17)2/h5-8,19H,4,9-15H2,1-3H3. The van der Waals surface area contributed by atoms with E-state index in [1.807, 2.05) is 0 Å². The fraction of sp³-hybridized carbons (Fsp3) is 0.667. The molecule has 0 aliphatic carbocycles. The van der Waals surface area contributed by atoms with Gasteiger partial charge < -0.3 is 15.0 Å². The van der Waals surface area contributed by atoms with Crippen LogP contribution in [-0.2, 0) is 11.3 Å². The molecule has 0 radical (unpaired) electrons. The molecule has 118 valence electrons. The van der Waals surface area contributed by atoms with Crippen LogP contribution >= 0.6 is 0 Å². The Kier molecular flexibility index (Phi) is 6.22. The Balaban J connectivity index is 1.92. The molecule has 1 atom stereocenters. The van der Waals surface area contributed by atoms with Gasteiger partial charge in [0.15, 0.2) is 0 Å². The number of nitrogens with zero attached hydrogens (tertiary/aromatic N) is 1. The summed E-state index contributed by atoms with van der Waals surface area (Å²) in [5.41, 5.74) is 3.09. The second-order valence-electron chi connectivity index (χ2n) is 6.58. The van der Waals surface area contributed by atoms with E-state index in [0.29, 0.717) is 0 Å². The van der Waals surface area contributed by atoms with Gasteiger partial charge in [0.25, 0.3) is 0 Å². The molecule has 0 aromatic heterocycles. The molecule has 0 spiro atoms. The molecule has 3 heteroatoms. The van der Waals surface area contributed by atoms with Gasteiger partial charge in [-0.05, 0) is 44.5 Å². The Morgan fingerprint density at radius 2 is 2.14 bits per heavy atom. The minimum absolute atomic E-state index is 0.284. The average molecular weight is 290 g/mol. The Morgan fingerprint density at radius 3 is 2.81 bits per heavy atom. The van der Waals surface area contributed by atoms with Gasteiger partial charge in [0.1, 0.15) is 0 Å². The van der Waals surface area contributed by atoms with Crippen molar-refractivity contribution in [3.63, 3.8) is 0 Å². The molecule has 1 aliphatic heterocycles. The summed E-state index contributed by atoms with van der Waals surface area (Å²) in [5, 5.41) is 3.59. The first-order chi connectivity index (χ1) is 10.2. The van der Waals surface area contributed by atoms with Gasteiger partial charge in [-0.15, -0.1) is 0 Å². The normalized spacial score (nSPS) is 22.1. The van der Waals surface area contributed by atoms with E-state index >= 15 is 0 Å². The van der Waals surface area contributed by atoms with Crippen LogP contribution in [0.15, 0.2) is 24.3 Å². The predicted octanol–water partition coefficient (Wildman–Crippen LogP) is 2.83. The van der Waals surface area contributed by atoms with Crippen molar-refractivity contribution in [3.05, 3.63) is 35.4 Å². The zero-order chi connectivity index (χ0) is 15.1. The van der Waals surface area contributed by atoms with Gasteiger partial charge >= 0.3 is 0 Å². The molecule has 1 unspecified atom stereocenters. The first-order valence-electron chi connectivity index (χ1n) is 8.17. The van der Waals surface area contributed by atoms with Crippen molar-refractivity contribution in [3.8, 4) is 0 Å². The Hall–Kier alpha value is -0.900. The number of hydrogen-bond acceptors (Lipinski definition) is 3. The molecule has 1 N–H and O–H groups in total. The van der Waals surface area contributed by atoms with Crippen LogP contribution in [0.3, 0.4) is 0 Å². The van der Waals surface area contributed by atoms with Crippen LogP contribution in [0.5, 0.6) is 0 Å². The molecule has 1 aliphatic rings. The van der Waals surface area contributed by atoms with E-state index in [1.165, 1.54) is 24.0 Å². The molecule has 1 fully saturated rings. The topological polar surface area (TPSA) is 24.5 Å². The predicted molar refractivity (Wildman–Crippen MR) is 88.5 cm³/mol. The highest BCUT2D eigenvalue weighted by molar-refractivity contribution is 5.25. The first-order valence-corrected chi connectivity index (χ1v) is 8.17. The number of benzene rings is 1. The van der Waals surface area contributed by atoms with Gasteiger partial charge in [0.05, 0.1) is 6.61 Å². The molecule has 1 aromatic rings. The van der Waals surface area contributed by atoms with Crippen LogP contribution < -0.4 is 5.32 Å². The summed E-state index contributed by atoms with van der Waals surface area (Å²) >= 11 is 0. The van der Waals surface area contributed by atoms with E-state index in [-0.39, 0.29) is 5.41 Å². The lowest BCUT2D eigenvalue weighted by Crippen LogP contribution is -2.43. The maximum atomic E-state index is 5.70. The Labute approximate surface area is 129 Å². The highest BCUT2D eigenvalue weighted by Gasteiger charge is 2.35. The van der Waals surface area contributed by atoms with Crippen LogP contribution in [0.2, 0.25) is 0 Å². The molecule has 2 rings (SSSR count). The zero-order valence-electron chi connectivity index (χ0n) is 13.8. The van der Waals surface area contributed by atoms with Crippen molar-refractivity contribution in [2.45, 2.75) is 33.2 Å². The van der Waals surface area contributed by atoms with E-state index in [1.54, 1.807) is 0 Å². The zero-order valence-corrected chi connectivity index (χ0v) is 13.8. The molecular weight excluding hydrogens is 260 g/mol. The van der Waals surface area contributed by atoms with Crippen molar-refractivity contribution in [1.82, 2.24) is 10.2 Å². The fourth-order valence-corrected chi connectivity index (χ4v) is 3.21. The summed E-state index contributed by atoms with van der Waals surface area (Å²) in [6.07, 6.45) is 2.36. The Bertz CT molecular complexity index is 427. The third-order valence-electron chi connectivity index (χ3n) is 4.42. The van der Waals surface area contributed by atoms with Crippen molar-refractivity contribution in [1.29, 1.82) is 0 Å². The minimum atomic E-state index is 0.284. The summed E-state index contributed by atoms with van der Waals surface area (Å²) in [7, 11) is 2.23. The first kappa shape index (κ1) is 16.5. The maximum Gasteiger partial charge on any atom is 0.0547 e. The molecule has 1 saturated heterocycles. The monoisotopic (exact) mass is 290 g/mol. The van der Waals surface area contributed by atoms with E-state index in [4.69, 9.17) is 4.74 Å². The van der Waals surface area contributed by atoms with Crippen molar-refractivity contribution in [2.24, 2.45) is 5.41 Å². The van der Waals surface area contributed by atoms with Crippen molar-refractivity contribution >= 4 is 0 Å². The smallest absolute Gasteiger partial charge is 0.0547 e. The SMILES string of the molecule is CCCNCC1(CN(C)Cc2ccccc2C)CCOC1. The summed E-state index contributed by atoms with van der Waals surface area (Å²) in [6.45, 7) is 10.5. The second-order valence-corrected chi connectivity index (χ2v) is 6.58. The summed E-state index contributed by atoms with van der Waals surface area (Å²) < 4.78 is 5.70. The van der Waals surface area contributed by atoms with E-state index in [0.717, 1.165) is 39.4 Å². The summed E-state index contributed by atoms with van der Waals surface area (Å²) in [6, 6.07) is 8.67. The largest absolute Gasteiger partial charge is 0.381 e. The van der Waals surface area contributed by atoms with Crippen LogP contribution in [-0.4, -0.2) is 44.8 Å². The number of rotatable bonds is 8. The number of nitrogens with one attached hydrogen (secondary N) is 1.